The highest BCUT2D eigenvalue weighted by Crippen LogP contribution is 2.10. The van der Waals surface area contributed by atoms with E-state index in [2.05, 4.69) is 5.32 Å². The van der Waals surface area contributed by atoms with E-state index in [0.29, 0.717) is 12.8 Å². The Hall–Kier alpha value is -2.08. The molecular formula is C17H25NO5. The Morgan fingerprint density at radius 1 is 1.17 bits per heavy atom. The molecule has 23 heavy (non-hydrogen) atoms. The lowest BCUT2D eigenvalue weighted by Gasteiger charge is -2.22. The van der Waals surface area contributed by atoms with E-state index in [0.717, 1.165) is 11.1 Å². The molecule has 1 rings (SSSR count). The summed E-state index contributed by atoms with van der Waals surface area (Å²) >= 11 is 0. The first-order chi connectivity index (χ1) is 10.7. The predicted molar refractivity (Wildman–Crippen MR) is 86.1 cm³/mol. The zero-order valence-corrected chi connectivity index (χ0v) is 14.1. The molecule has 0 fully saturated rings. The van der Waals surface area contributed by atoms with Crippen LogP contribution in [0.1, 0.15) is 31.9 Å². The molecule has 1 unspecified atom stereocenters. The van der Waals surface area contributed by atoms with Gasteiger partial charge >= 0.3 is 12.1 Å². The third-order valence-electron chi connectivity index (χ3n) is 3.04. The molecule has 0 aliphatic rings. The van der Waals surface area contributed by atoms with Crippen molar-refractivity contribution in [1.82, 2.24) is 5.32 Å². The van der Waals surface area contributed by atoms with Gasteiger partial charge in [-0.2, -0.15) is 0 Å². The molecule has 1 atom stereocenters. The van der Waals surface area contributed by atoms with Crippen LogP contribution in [0.2, 0.25) is 0 Å². The number of rotatable bonds is 6. The van der Waals surface area contributed by atoms with Crippen molar-refractivity contribution in [3.05, 3.63) is 35.4 Å². The van der Waals surface area contributed by atoms with E-state index in [1.807, 2.05) is 24.3 Å². The van der Waals surface area contributed by atoms with Crippen molar-refractivity contribution in [2.45, 2.75) is 45.3 Å². The van der Waals surface area contributed by atoms with Crippen LogP contribution in [0.3, 0.4) is 0 Å². The first-order valence-electron chi connectivity index (χ1n) is 7.51. The van der Waals surface area contributed by atoms with Gasteiger partial charge in [-0.05, 0) is 38.3 Å². The van der Waals surface area contributed by atoms with Crippen LogP contribution in [0.15, 0.2) is 24.3 Å². The number of aliphatic hydroxyl groups is 1. The Morgan fingerprint density at radius 2 is 1.74 bits per heavy atom. The standard InChI is InChI=1S/C17H25NO5/c1-17(2,3)23-16(21)18-14(15(20)22-4)11-13-7-5-12(6-8-13)9-10-19/h5-8,14,19H,9-11H2,1-4H3,(H,18,21). The maximum atomic E-state index is 11.9. The lowest BCUT2D eigenvalue weighted by Crippen LogP contribution is -2.45. The summed E-state index contributed by atoms with van der Waals surface area (Å²) in [5, 5.41) is 11.4. The Kier molecular flexibility index (Phi) is 7.03. The van der Waals surface area contributed by atoms with E-state index in [1.165, 1.54) is 7.11 Å². The number of ether oxygens (including phenoxy) is 2. The average Bonchev–Trinajstić information content (AvgIpc) is 2.46. The number of carbonyl (C=O) groups excluding carboxylic acids is 2. The molecule has 0 aliphatic carbocycles. The summed E-state index contributed by atoms with van der Waals surface area (Å²) in [6.07, 6.45) is 0.215. The summed E-state index contributed by atoms with van der Waals surface area (Å²) in [7, 11) is 1.27. The lowest BCUT2D eigenvalue weighted by molar-refractivity contribution is -0.143. The van der Waals surface area contributed by atoms with Crippen molar-refractivity contribution < 1.29 is 24.2 Å². The van der Waals surface area contributed by atoms with Crippen molar-refractivity contribution in [2.75, 3.05) is 13.7 Å². The first kappa shape index (κ1) is 19.0. The molecule has 0 bridgehead atoms. The molecule has 6 heteroatoms. The fourth-order valence-corrected chi connectivity index (χ4v) is 1.99. The van der Waals surface area contributed by atoms with Crippen molar-refractivity contribution >= 4 is 12.1 Å². The second kappa shape index (κ2) is 8.53. The molecule has 1 aromatic rings. The summed E-state index contributed by atoms with van der Waals surface area (Å²) in [6, 6.07) is 6.66. The predicted octanol–water partition coefficient (Wildman–Crippen LogP) is 1.83. The third kappa shape index (κ3) is 7.15. The summed E-state index contributed by atoms with van der Waals surface area (Å²) in [5.74, 6) is -0.532. The molecule has 2 N–H and O–H groups in total. The lowest BCUT2D eigenvalue weighted by atomic mass is 10.0. The Labute approximate surface area is 136 Å². The largest absolute Gasteiger partial charge is 0.467 e. The minimum absolute atomic E-state index is 0.0876. The normalized spacial score (nSPS) is 12.4. The summed E-state index contributed by atoms with van der Waals surface area (Å²) in [4.78, 5) is 23.7. The summed E-state index contributed by atoms with van der Waals surface area (Å²) < 4.78 is 9.90. The van der Waals surface area contributed by atoms with Crippen LogP contribution in [0.4, 0.5) is 4.79 Å². The smallest absolute Gasteiger partial charge is 0.408 e. The number of hydrogen-bond acceptors (Lipinski definition) is 5. The van der Waals surface area contributed by atoms with Crippen molar-refractivity contribution in [3.8, 4) is 0 Å². The van der Waals surface area contributed by atoms with Gasteiger partial charge in [0.15, 0.2) is 0 Å². The van der Waals surface area contributed by atoms with Gasteiger partial charge < -0.3 is 19.9 Å². The third-order valence-corrected chi connectivity index (χ3v) is 3.04. The SMILES string of the molecule is COC(=O)C(Cc1ccc(CCO)cc1)NC(=O)OC(C)(C)C. The van der Waals surface area contributed by atoms with Gasteiger partial charge in [-0.1, -0.05) is 24.3 Å². The van der Waals surface area contributed by atoms with Gasteiger partial charge in [0, 0.05) is 13.0 Å². The summed E-state index contributed by atoms with van der Waals surface area (Å²) in [5.41, 5.74) is 1.24. The van der Waals surface area contributed by atoms with Gasteiger partial charge in [-0.3, -0.25) is 0 Å². The number of alkyl carbamates (subject to hydrolysis) is 1. The average molecular weight is 323 g/mol. The molecule has 0 aliphatic heterocycles. The number of hydrogen-bond donors (Lipinski definition) is 2. The number of esters is 1. The highest BCUT2D eigenvalue weighted by molar-refractivity contribution is 5.81. The molecule has 0 spiro atoms. The monoisotopic (exact) mass is 323 g/mol. The quantitative estimate of drug-likeness (QED) is 0.780. The molecule has 1 amide bonds. The Balaban J connectivity index is 2.74. The number of carbonyl (C=O) groups is 2. The molecule has 0 aromatic heterocycles. The minimum Gasteiger partial charge on any atom is -0.467 e. The summed E-state index contributed by atoms with van der Waals surface area (Å²) in [6.45, 7) is 5.34. The molecule has 6 nitrogen and oxygen atoms in total. The van der Waals surface area contributed by atoms with Gasteiger partial charge in [0.1, 0.15) is 11.6 Å². The van der Waals surface area contributed by atoms with Gasteiger partial charge in [-0.25, -0.2) is 9.59 Å². The molecule has 0 heterocycles. The number of benzene rings is 1. The van der Waals surface area contributed by atoms with Crippen LogP contribution in [0.5, 0.6) is 0 Å². The minimum atomic E-state index is -0.821. The van der Waals surface area contributed by atoms with Crippen molar-refractivity contribution in [3.63, 3.8) is 0 Å². The molecule has 0 radical (unpaired) electrons. The van der Waals surface area contributed by atoms with Crippen LogP contribution >= 0.6 is 0 Å². The maximum Gasteiger partial charge on any atom is 0.408 e. The van der Waals surface area contributed by atoms with Crippen LogP contribution in [0, 0.1) is 0 Å². The van der Waals surface area contributed by atoms with Gasteiger partial charge in [0.05, 0.1) is 7.11 Å². The van der Waals surface area contributed by atoms with Gasteiger partial charge in [-0.15, -0.1) is 0 Å². The second-order valence-electron chi connectivity index (χ2n) is 6.22. The van der Waals surface area contributed by atoms with E-state index in [1.54, 1.807) is 20.8 Å². The highest BCUT2D eigenvalue weighted by atomic mass is 16.6. The zero-order chi connectivity index (χ0) is 17.5. The second-order valence-corrected chi connectivity index (χ2v) is 6.22. The number of aliphatic hydroxyl groups excluding tert-OH is 1. The molecule has 0 saturated carbocycles. The fraction of sp³-hybridized carbons (Fsp3) is 0.529. The van der Waals surface area contributed by atoms with Gasteiger partial charge in [0.25, 0.3) is 0 Å². The molecule has 0 saturated heterocycles. The maximum absolute atomic E-state index is 11.9. The Morgan fingerprint density at radius 3 is 2.22 bits per heavy atom. The van der Waals surface area contributed by atoms with E-state index in [9.17, 15) is 9.59 Å². The highest BCUT2D eigenvalue weighted by Gasteiger charge is 2.25. The van der Waals surface area contributed by atoms with E-state index in [-0.39, 0.29) is 6.61 Å². The zero-order valence-electron chi connectivity index (χ0n) is 14.1. The van der Waals surface area contributed by atoms with E-state index in [4.69, 9.17) is 14.6 Å². The van der Waals surface area contributed by atoms with Crippen molar-refractivity contribution in [1.29, 1.82) is 0 Å². The topological polar surface area (TPSA) is 84.9 Å². The van der Waals surface area contributed by atoms with Crippen LogP contribution in [0.25, 0.3) is 0 Å². The number of methoxy groups -OCH3 is 1. The molecular weight excluding hydrogens is 298 g/mol. The van der Waals surface area contributed by atoms with E-state index < -0.39 is 23.7 Å². The number of nitrogens with one attached hydrogen (secondary N) is 1. The van der Waals surface area contributed by atoms with Crippen molar-refractivity contribution in [2.24, 2.45) is 0 Å². The first-order valence-corrected chi connectivity index (χ1v) is 7.51. The number of amides is 1. The fourth-order valence-electron chi connectivity index (χ4n) is 1.99. The Bertz CT molecular complexity index is 519. The van der Waals surface area contributed by atoms with Gasteiger partial charge in [0.2, 0.25) is 0 Å². The van der Waals surface area contributed by atoms with Crippen LogP contribution < -0.4 is 5.32 Å². The molecule has 1 aromatic carbocycles. The van der Waals surface area contributed by atoms with E-state index >= 15 is 0 Å². The molecule has 128 valence electrons. The van der Waals surface area contributed by atoms with Crippen LogP contribution in [-0.2, 0) is 27.1 Å². The van der Waals surface area contributed by atoms with Crippen LogP contribution in [-0.4, -0.2) is 42.5 Å².